The zero-order valence-electron chi connectivity index (χ0n) is 29.0. The smallest absolute Gasteiger partial charge is 0.322 e. The van der Waals surface area contributed by atoms with Crippen molar-refractivity contribution in [3.05, 3.63) is 48.6 Å². The average Bonchev–Trinajstić information content (AvgIpc) is 3.02. The van der Waals surface area contributed by atoms with Crippen LogP contribution in [0.25, 0.3) is 0 Å². The van der Waals surface area contributed by atoms with Gasteiger partial charge in [0.05, 0.1) is 0 Å². The van der Waals surface area contributed by atoms with Gasteiger partial charge in [-0.15, -0.1) is 0 Å². The van der Waals surface area contributed by atoms with E-state index < -0.39 is 5.97 Å². The van der Waals surface area contributed by atoms with Crippen LogP contribution in [0, 0.1) is 0 Å². The van der Waals surface area contributed by atoms with Crippen LogP contribution in [0.3, 0.4) is 0 Å². The largest absolute Gasteiger partial charge is 0.480 e. The highest BCUT2D eigenvalue weighted by molar-refractivity contribution is 5.80. The molecule has 0 aromatic carbocycles. The highest BCUT2D eigenvalue weighted by atomic mass is 16.5. The van der Waals surface area contributed by atoms with Gasteiger partial charge in [0.25, 0.3) is 0 Å². The Morgan fingerprint density at radius 3 is 1.64 bits per heavy atom. The van der Waals surface area contributed by atoms with Crippen molar-refractivity contribution in [2.75, 3.05) is 6.54 Å². The molecule has 0 aliphatic rings. The molecule has 0 aliphatic carbocycles. The Balaban J connectivity index is 4.34. The van der Waals surface area contributed by atoms with Crippen LogP contribution < -0.4 is 5.32 Å². The Morgan fingerprint density at radius 1 is 0.600 bits per heavy atom. The molecular weight excluding hydrogens is 562 g/mol. The fourth-order valence-electron chi connectivity index (χ4n) is 5.09. The van der Waals surface area contributed by atoms with Crippen molar-refractivity contribution in [3.8, 4) is 0 Å². The number of unbranched alkanes of at least 4 members (excludes halogenated alkanes) is 13. The normalized spacial score (nSPS) is 12.6. The first kappa shape index (κ1) is 42.4. The summed E-state index contributed by atoms with van der Waals surface area (Å²) in [7, 11) is 0. The minimum atomic E-state index is -1.02. The zero-order valence-corrected chi connectivity index (χ0v) is 29.0. The number of amides is 1. The van der Waals surface area contributed by atoms with Crippen LogP contribution >= 0.6 is 0 Å². The van der Waals surface area contributed by atoms with Crippen LogP contribution in [0.1, 0.15) is 168 Å². The van der Waals surface area contributed by atoms with Crippen LogP contribution in [0.4, 0.5) is 0 Å². The van der Waals surface area contributed by atoms with E-state index in [1.807, 2.05) is 0 Å². The summed E-state index contributed by atoms with van der Waals surface area (Å²) in [6.07, 6.45) is 42.3. The van der Waals surface area contributed by atoms with Gasteiger partial charge < -0.3 is 15.2 Å². The minimum Gasteiger partial charge on any atom is -0.480 e. The second-order valence-corrected chi connectivity index (χ2v) is 12.1. The molecule has 1 unspecified atom stereocenters. The van der Waals surface area contributed by atoms with Crippen molar-refractivity contribution in [1.29, 1.82) is 0 Å². The molecule has 0 saturated carbocycles. The van der Waals surface area contributed by atoms with Crippen molar-refractivity contribution in [2.45, 2.75) is 174 Å². The average molecular weight is 630 g/mol. The van der Waals surface area contributed by atoms with Gasteiger partial charge in [-0.05, 0) is 64.2 Å². The molecule has 0 spiro atoms. The molecule has 258 valence electrons. The maximum atomic E-state index is 12.6. The van der Waals surface area contributed by atoms with Crippen molar-refractivity contribution < 1.29 is 24.2 Å². The molecule has 0 aromatic heterocycles. The highest BCUT2D eigenvalue weighted by Gasteiger charge is 2.14. The fraction of sp³-hybridized carbons (Fsp3) is 0.718. The summed E-state index contributed by atoms with van der Waals surface area (Å²) in [5.41, 5.74) is 0. The van der Waals surface area contributed by atoms with Crippen molar-refractivity contribution >= 4 is 17.8 Å². The van der Waals surface area contributed by atoms with Gasteiger partial charge in [-0.25, -0.2) is 0 Å². The van der Waals surface area contributed by atoms with Crippen molar-refractivity contribution in [2.24, 2.45) is 0 Å². The van der Waals surface area contributed by atoms with E-state index in [2.05, 4.69) is 67.8 Å². The van der Waals surface area contributed by atoms with Crippen LogP contribution in [-0.2, 0) is 19.1 Å². The van der Waals surface area contributed by atoms with Gasteiger partial charge in [0, 0.05) is 12.8 Å². The summed E-state index contributed by atoms with van der Waals surface area (Å²) < 4.78 is 5.95. The molecule has 0 aliphatic heterocycles. The highest BCUT2D eigenvalue weighted by Crippen LogP contribution is 2.17. The van der Waals surface area contributed by atoms with Crippen LogP contribution in [0.2, 0.25) is 0 Å². The number of carboxylic acid groups (broad SMARTS) is 1. The lowest BCUT2D eigenvalue weighted by Crippen LogP contribution is -2.28. The number of rotatable bonds is 32. The lowest BCUT2D eigenvalue weighted by Gasteiger charge is -2.17. The predicted octanol–water partition coefficient (Wildman–Crippen LogP) is 10.7. The number of carboxylic acids is 1. The second kappa shape index (κ2) is 34.2. The van der Waals surface area contributed by atoms with Crippen LogP contribution in [0.15, 0.2) is 48.6 Å². The Kier molecular flexibility index (Phi) is 32.2. The number of hydrogen-bond acceptors (Lipinski definition) is 4. The molecule has 0 bridgehead atoms. The Labute approximate surface area is 276 Å². The van der Waals surface area contributed by atoms with Gasteiger partial charge >= 0.3 is 11.9 Å². The first-order valence-electron chi connectivity index (χ1n) is 18.3. The maximum Gasteiger partial charge on any atom is 0.322 e. The first-order chi connectivity index (χ1) is 22.0. The molecule has 0 fully saturated rings. The van der Waals surface area contributed by atoms with E-state index in [0.717, 1.165) is 89.9 Å². The van der Waals surface area contributed by atoms with E-state index in [1.54, 1.807) is 0 Å². The quantitative estimate of drug-likeness (QED) is 0.0439. The molecule has 6 nitrogen and oxygen atoms in total. The molecule has 0 aromatic rings. The SMILES string of the molecule is CC/C=C\C/C=C\C/C=C\C/C=C\CCC(CCCCCCCC(=O)NCC(=O)O)OC(=O)CCCCCCCCCCCC. The van der Waals surface area contributed by atoms with Gasteiger partial charge in [0.1, 0.15) is 12.6 Å². The molecule has 1 atom stereocenters. The minimum absolute atomic E-state index is 0.0468. The summed E-state index contributed by atoms with van der Waals surface area (Å²) in [4.78, 5) is 34.8. The number of carbonyl (C=O) groups is 3. The third-order valence-electron chi connectivity index (χ3n) is 7.77. The standard InChI is InChI=1S/C39H67NO5/c1-3-5-7-9-11-13-15-16-17-18-20-23-27-31-36(32-28-24-22-25-29-33-37(41)40-35-38(42)43)45-39(44)34-30-26-21-19-14-12-10-8-6-4-2/h5,7,11,13,16-17,20,23,36H,3-4,6,8-10,12,14-15,18-19,21-22,24-35H2,1-2H3,(H,40,41)(H,42,43)/b7-5-,13-11-,17-16-,23-20-. The number of nitrogens with one attached hydrogen (secondary N) is 1. The van der Waals surface area contributed by atoms with Crippen molar-refractivity contribution in [1.82, 2.24) is 5.32 Å². The van der Waals surface area contributed by atoms with Gasteiger partial charge in [0.15, 0.2) is 0 Å². The number of allylic oxidation sites excluding steroid dienone is 8. The Morgan fingerprint density at radius 2 is 1.09 bits per heavy atom. The molecular formula is C39H67NO5. The van der Waals surface area contributed by atoms with E-state index in [4.69, 9.17) is 9.84 Å². The number of carbonyl (C=O) groups excluding carboxylic acids is 2. The third kappa shape index (κ3) is 34.1. The summed E-state index contributed by atoms with van der Waals surface area (Å²) in [6, 6.07) is 0. The first-order valence-corrected chi connectivity index (χ1v) is 18.3. The molecule has 1 amide bonds. The summed E-state index contributed by atoms with van der Waals surface area (Å²) in [5.74, 6) is -1.29. The molecule has 6 heteroatoms. The van der Waals surface area contributed by atoms with Gasteiger partial charge in [-0.3, -0.25) is 14.4 Å². The van der Waals surface area contributed by atoms with Gasteiger partial charge in [-0.2, -0.15) is 0 Å². The van der Waals surface area contributed by atoms with E-state index >= 15 is 0 Å². The molecule has 45 heavy (non-hydrogen) atoms. The molecule has 0 radical (unpaired) electrons. The Bertz CT molecular complexity index is 829. The van der Waals surface area contributed by atoms with E-state index in [1.165, 1.54) is 51.4 Å². The predicted molar refractivity (Wildman–Crippen MR) is 189 cm³/mol. The van der Waals surface area contributed by atoms with Gasteiger partial charge in [0.2, 0.25) is 5.91 Å². The van der Waals surface area contributed by atoms with E-state index in [9.17, 15) is 14.4 Å². The third-order valence-corrected chi connectivity index (χ3v) is 7.77. The monoisotopic (exact) mass is 630 g/mol. The zero-order chi connectivity index (χ0) is 33.1. The topological polar surface area (TPSA) is 92.7 Å². The Hall–Kier alpha value is -2.63. The van der Waals surface area contributed by atoms with Crippen LogP contribution in [-0.4, -0.2) is 35.6 Å². The lowest BCUT2D eigenvalue weighted by atomic mass is 10.0. The fourth-order valence-corrected chi connectivity index (χ4v) is 5.09. The van der Waals surface area contributed by atoms with Crippen molar-refractivity contribution in [3.63, 3.8) is 0 Å². The van der Waals surface area contributed by atoms with E-state index in [0.29, 0.717) is 12.8 Å². The lowest BCUT2D eigenvalue weighted by molar-refractivity contribution is -0.150. The molecule has 2 N–H and O–H groups in total. The number of ether oxygens (including phenoxy) is 1. The second-order valence-electron chi connectivity index (χ2n) is 12.1. The molecule has 0 heterocycles. The molecule has 0 rings (SSSR count). The van der Waals surface area contributed by atoms with Crippen LogP contribution in [0.5, 0.6) is 0 Å². The number of esters is 1. The summed E-state index contributed by atoms with van der Waals surface area (Å²) in [6.45, 7) is 4.08. The molecule has 0 saturated heterocycles. The number of aliphatic carboxylic acids is 1. The maximum absolute atomic E-state index is 12.6. The van der Waals surface area contributed by atoms with E-state index in [-0.39, 0.29) is 24.5 Å². The number of hydrogen-bond donors (Lipinski definition) is 2. The summed E-state index contributed by atoms with van der Waals surface area (Å²) in [5, 5.41) is 11.0. The summed E-state index contributed by atoms with van der Waals surface area (Å²) >= 11 is 0. The van der Waals surface area contributed by atoms with Gasteiger partial charge in [-0.1, -0.05) is 140 Å².